The van der Waals surface area contributed by atoms with Crippen molar-refractivity contribution in [1.82, 2.24) is 9.55 Å². The van der Waals surface area contributed by atoms with Gasteiger partial charge in [0.15, 0.2) is 0 Å². The van der Waals surface area contributed by atoms with Crippen molar-refractivity contribution in [2.24, 2.45) is 5.73 Å². The third-order valence-corrected chi connectivity index (χ3v) is 2.72. The van der Waals surface area contributed by atoms with Crippen molar-refractivity contribution in [2.45, 2.75) is 6.54 Å². The van der Waals surface area contributed by atoms with Gasteiger partial charge < -0.3 is 15.6 Å². The molecule has 0 aliphatic rings. The van der Waals surface area contributed by atoms with Gasteiger partial charge in [0.2, 0.25) is 0 Å². The molecule has 0 saturated heterocycles. The summed E-state index contributed by atoms with van der Waals surface area (Å²) in [5.41, 5.74) is 6.61. The quantitative estimate of drug-likeness (QED) is 0.836. The van der Waals surface area contributed by atoms with Crippen LogP contribution < -0.4 is 11.1 Å². The highest BCUT2D eigenvalue weighted by Crippen LogP contribution is 2.12. The fraction of sp³-hybridized carbons (Fsp3) is 0.200. The number of aromatic nitrogens is 2. The van der Waals surface area contributed by atoms with Crippen LogP contribution in [0.4, 0.5) is 5.69 Å². The summed E-state index contributed by atoms with van der Waals surface area (Å²) in [5.74, 6) is -0.200. The van der Waals surface area contributed by atoms with E-state index < -0.39 is 0 Å². The molecule has 3 N–H and O–H groups in total. The maximum atomic E-state index is 11.7. The van der Waals surface area contributed by atoms with Gasteiger partial charge in [-0.15, -0.1) is 0 Å². The van der Waals surface area contributed by atoms with Crippen LogP contribution in [0.2, 0.25) is 0 Å². The van der Waals surface area contributed by atoms with Crippen LogP contribution in [0.1, 0.15) is 10.5 Å². The summed E-state index contributed by atoms with van der Waals surface area (Å²) in [6, 6.07) is 1.85. The summed E-state index contributed by atoms with van der Waals surface area (Å²) in [7, 11) is 0. The molecule has 0 spiro atoms. The van der Waals surface area contributed by atoms with E-state index in [1.807, 2.05) is 16.8 Å². The first kappa shape index (κ1) is 10.8. The Balaban J connectivity index is 2.03. The van der Waals surface area contributed by atoms with Gasteiger partial charge in [0.05, 0.1) is 12.0 Å². The molecule has 0 aliphatic carbocycles. The molecule has 2 rings (SSSR count). The van der Waals surface area contributed by atoms with E-state index in [2.05, 4.69) is 10.3 Å². The molecule has 84 valence electrons. The Morgan fingerprint density at radius 1 is 1.62 bits per heavy atom. The molecule has 0 saturated carbocycles. The summed E-state index contributed by atoms with van der Waals surface area (Å²) < 4.78 is 1.79. The molecule has 1 amide bonds. The Morgan fingerprint density at radius 3 is 3.19 bits per heavy atom. The Labute approximate surface area is 96.9 Å². The lowest BCUT2D eigenvalue weighted by Crippen LogP contribution is -2.12. The van der Waals surface area contributed by atoms with Crippen LogP contribution in [0, 0.1) is 0 Å². The van der Waals surface area contributed by atoms with Crippen molar-refractivity contribution in [3.05, 3.63) is 35.0 Å². The Kier molecular flexibility index (Phi) is 3.33. The standard InChI is InChI=1S/C10H12N4OS/c11-2-3-14-5-9(12-7-14)10(15)13-8-1-4-16-6-8/h1,4-7H,2-3,11H2,(H,13,15). The first-order valence-electron chi connectivity index (χ1n) is 4.85. The van der Waals surface area contributed by atoms with Crippen LogP contribution >= 0.6 is 11.3 Å². The number of imidazole rings is 1. The van der Waals surface area contributed by atoms with Gasteiger partial charge in [-0.05, 0) is 11.4 Å². The molecule has 0 atom stereocenters. The van der Waals surface area contributed by atoms with E-state index in [0.29, 0.717) is 18.8 Å². The molecule has 2 aromatic heterocycles. The highest BCUT2D eigenvalue weighted by molar-refractivity contribution is 7.08. The maximum Gasteiger partial charge on any atom is 0.275 e. The zero-order valence-electron chi connectivity index (χ0n) is 8.59. The second kappa shape index (κ2) is 4.91. The summed E-state index contributed by atoms with van der Waals surface area (Å²) >= 11 is 1.53. The van der Waals surface area contributed by atoms with Crippen molar-refractivity contribution in [1.29, 1.82) is 0 Å². The molecular weight excluding hydrogens is 224 g/mol. The third-order valence-electron chi connectivity index (χ3n) is 2.03. The lowest BCUT2D eigenvalue weighted by molar-refractivity contribution is 0.102. The number of nitrogens with zero attached hydrogens (tertiary/aromatic N) is 2. The topological polar surface area (TPSA) is 72.9 Å². The van der Waals surface area contributed by atoms with E-state index in [-0.39, 0.29) is 5.91 Å². The SMILES string of the molecule is NCCn1cnc(C(=O)Nc2ccsc2)c1. The monoisotopic (exact) mass is 236 g/mol. The van der Waals surface area contributed by atoms with E-state index >= 15 is 0 Å². The van der Waals surface area contributed by atoms with Crippen LogP contribution in [0.15, 0.2) is 29.4 Å². The number of hydrogen-bond acceptors (Lipinski definition) is 4. The second-order valence-electron chi connectivity index (χ2n) is 3.25. The molecule has 0 fully saturated rings. The van der Waals surface area contributed by atoms with Crippen LogP contribution in [-0.4, -0.2) is 22.0 Å². The normalized spacial score (nSPS) is 10.3. The Morgan fingerprint density at radius 2 is 2.50 bits per heavy atom. The molecule has 0 radical (unpaired) electrons. The van der Waals surface area contributed by atoms with Gasteiger partial charge in [0.1, 0.15) is 5.69 Å². The average Bonchev–Trinajstić information content (AvgIpc) is 2.89. The molecule has 2 heterocycles. The van der Waals surface area contributed by atoms with Crippen molar-refractivity contribution in [2.75, 3.05) is 11.9 Å². The van der Waals surface area contributed by atoms with Crippen molar-refractivity contribution in [3.63, 3.8) is 0 Å². The van der Waals surface area contributed by atoms with E-state index in [4.69, 9.17) is 5.73 Å². The Bertz CT molecular complexity index is 463. The minimum absolute atomic E-state index is 0.200. The maximum absolute atomic E-state index is 11.7. The molecule has 6 heteroatoms. The number of nitrogens with two attached hydrogens (primary N) is 1. The van der Waals surface area contributed by atoms with E-state index in [9.17, 15) is 4.79 Å². The largest absolute Gasteiger partial charge is 0.335 e. The molecule has 0 bridgehead atoms. The average molecular weight is 236 g/mol. The lowest BCUT2D eigenvalue weighted by atomic mass is 10.4. The molecule has 16 heavy (non-hydrogen) atoms. The van der Waals surface area contributed by atoms with Crippen molar-refractivity contribution in [3.8, 4) is 0 Å². The highest BCUT2D eigenvalue weighted by atomic mass is 32.1. The first-order valence-corrected chi connectivity index (χ1v) is 5.79. The summed E-state index contributed by atoms with van der Waals surface area (Å²) in [6.07, 6.45) is 3.30. The molecule has 2 aromatic rings. The number of thiophene rings is 1. The molecule has 0 unspecified atom stereocenters. The van der Waals surface area contributed by atoms with Gasteiger partial charge in [-0.3, -0.25) is 4.79 Å². The first-order chi connectivity index (χ1) is 7.79. The van der Waals surface area contributed by atoms with E-state index in [0.717, 1.165) is 5.69 Å². The number of hydrogen-bond donors (Lipinski definition) is 2. The van der Waals surface area contributed by atoms with Crippen LogP contribution in [-0.2, 0) is 6.54 Å². The Hall–Kier alpha value is -1.66. The van der Waals surface area contributed by atoms with Gasteiger partial charge in [-0.2, -0.15) is 11.3 Å². The molecule has 5 nitrogen and oxygen atoms in total. The van der Waals surface area contributed by atoms with Gasteiger partial charge >= 0.3 is 0 Å². The molecular formula is C10H12N4OS. The van der Waals surface area contributed by atoms with E-state index in [1.165, 1.54) is 11.3 Å². The predicted molar refractivity (Wildman–Crippen MR) is 63.6 cm³/mol. The van der Waals surface area contributed by atoms with E-state index in [1.54, 1.807) is 17.1 Å². The number of rotatable bonds is 4. The summed E-state index contributed by atoms with van der Waals surface area (Å²) in [5, 5.41) is 6.53. The minimum atomic E-state index is -0.200. The van der Waals surface area contributed by atoms with Gasteiger partial charge in [-0.1, -0.05) is 0 Å². The number of amides is 1. The number of carbonyl (C=O) groups is 1. The van der Waals surface area contributed by atoms with Crippen molar-refractivity contribution >= 4 is 22.9 Å². The zero-order chi connectivity index (χ0) is 11.4. The third kappa shape index (κ3) is 2.47. The summed E-state index contributed by atoms with van der Waals surface area (Å²) in [4.78, 5) is 15.7. The fourth-order valence-corrected chi connectivity index (χ4v) is 1.87. The fourth-order valence-electron chi connectivity index (χ4n) is 1.28. The predicted octanol–water partition coefficient (Wildman–Crippen LogP) is 1.16. The number of carbonyl (C=O) groups excluding carboxylic acids is 1. The molecule has 0 aliphatic heterocycles. The minimum Gasteiger partial charge on any atom is -0.335 e. The van der Waals surface area contributed by atoms with Crippen LogP contribution in [0.25, 0.3) is 0 Å². The molecule has 0 aromatic carbocycles. The zero-order valence-corrected chi connectivity index (χ0v) is 9.41. The second-order valence-corrected chi connectivity index (χ2v) is 4.03. The smallest absolute Gasteiger partial charge is 0.275 e. The lowest BCUT2D eigenvalue weighted by Gasteiger charge is -1.98. The van der Waals surface area contributed by atoms with Gasteiger partial charge in [0, 0.05) is 24.7 Å². The van der Waals surface area contributed by atoms with Gasteiger partial charge in [-0.25, -0.2) is 4.98 Å². The summed E-state index contributed by atoms with van der Waals surface area (Å²) in [6.45, 7) is 1.20. The van der Waals surface area contributed by atoms with Crippen LogP contribution in [0.5, 0.6) is 0 Å². The number of nitrogens with one attached hydrogen (secondary N) is 1. The number of anilines is 1. The van der Waals surface area contributed by atoms with Crippen molar-refractivity contribution < 1.29 is 4.79 Å². The van der Waals surface area contributed by atoms with Crippen LogP contribution in [0.3, 0.4) is 0 Å². The van der Waals surface area contributed by atoms with Gasteiger partial charge in [0.25, 0.3) is 5.91 Å². The highest BCUT2D eigenvalue weighted by Gasteiger charge is 2.09.